The van der Waals surface area contributed by atoms with Crippen LogP contribution in [-0.2, 0) is 6.54 Å². The number of rotatable bonds is 6. The Morgan fingerprint density at radius 2 is 1.93 bits per heavy atom. The Morgan fingerprint density at radius 1 is 1.20 bits per heavy atom. The summed E-state index contributed by atoms with van der Waals surface area (Å²) in [6.07, 6.45) is 6.36. The topological polar surface area (TPSA) is 69.0 Å². The summed E-state index contributed by atoms with van der Waals surface area (Å²) in [7, 11) is 0. The monoisotopic (exact) mass is 408 g/mol. The smallest absolute Gasteiger partial charge is 0.255 e. The molecule has 3 aromatic rings. The molecular formula is C23H25FN4O2. The summed E-state index contributed by atoms with van der Waals surface area (Å²) >= 11 is 0. The molecule has 2 aromatic heterocycles. The predicted molar refractivity (Wildman–Crippen MR) is 111 cm³/mol. The van der Waals surface area contributed by atoms with Gasteiger partial charge in [0.25, 0.3) is 5.91 Å². The molecule has 2 heterocycles. The Hall–Kier alpha value is -3.22. The van der Waals surface area contributed by atoms with Gasteiger partial charge in [0.15, 0.2) is 0 Å². The number of amides is 1. The van der Waals surface area contributed by atoms with Crippen LogP contribution in [0.4, 0.5) is 4.39 Å². The van der Waals surface area contributed by atoms with E-state index in [2.05, 4.69) is 15.4 Å². The molecule has 1 aliphatic carbocycles. The molecule has 1 fully saturated rings. The number of aryl methyl sites for hydroxylation is 1. The lowest BCUT2D eigenvalue weighted by Gasteiger charge is -2.15. The van der Waals surface area contributed by atoms with Gasteiger partial charge >= 0.3 is 0 Å². The fourth-order valence-corrected chi connectivity index (χ4v) is 3.90. The maximum atomic E-state index is 13.2. The first-order chi connectivity index (χ1) is 14.5. The van der Waals surface area contributed by atoms with Crippen LogP contribution in [0, 0.1) is 19.7 Å². The molecule has 30 heavy (non-hydrogen) atoms. The van der Waals surface area contributed by atoms with Gasteiger partial charge in [-0.25, -0.2) is 14.1 Å². The minimum Gasteiger partial charge on any atom is -0.474 e. The molecular weight excluding hydrogens is 383 g/mol. The molecule has 0 atom stereocenters. The predicted octanol–water partition coefficient (Wildman–Crippen LogP) is 4.27. The van der Waals surface area contributed by atoms with Crippen molar-refractivity contribution < 1.29 is 13.9 Å². The molecule has 1 N–H and O–H groups in total. The minimum atomic E-state index is -0.314. The number of hydrogen-bond acceptors (Lipinski definition) is 4. The van der Waals surface area contributed by atoms with E-state index in [4.69, 9.17) is 4.74 Å². The lowest BCUT2D eigenvalue weighted by atomic mass is 10.1. The Labute approximate surface area is 175 Å². The maximum Gasteiger partial charge on any atom is 0.255 e. The van der Waals surface area contributed by atoms with Crippen molar-refractivity contribution in [2.45, 2.75) is 52.2 Å². The van der Waals surface area contributed by atoms with Crippen molar-refractivity contribution in [3.8, 4) is 11.6 Å². The Balaban J connectivity index is 1.49. The number of pyridine rings is 1. The van der Waals surface area contributed by atoms with E-state index in [9.17, 15) is 9.18 Å². The molecule has 0 saturated heterocycles. The van der Waals surface area contributed by atoms with Crippen molar-refractivity contribution in [3.05, 3.63) is 70.9 Å². The van der Waals surface area contributed by atoms with Crippen LogP contribution in [0.25, 0.3) is 5.69 Å². The van der Waals surface area contributed by atoms with Gasteiger partial charge in [0.2, 0.25) is 5.88 Å². The molecule has 0 aliphatic heterocycles. The maximum absolute atomic E-state index is 13.2. The van der Waals surface area contributed by atoms with Gasteiger partial charge in [0.05, 0.1) is 22.6 Å². The van der Waals surface area contributed by atoms with Crippen molar-refractivity contribution in [3.63, 3.8) is 0 Å². The Kier molecular flexibility index (Phi) is 5.79. The molecule has 7 heteroatoms. The van der Waals surface area contributed by atoms with Crippen molar-refractivity contribution in [1.29, 1.82) is 0 Å². The largest absolute Gasteiger partial charge is 0.474 e. The Morgan fingerprint density at radius 3 is 2.67 bits per heavy atom. The van der Waals surface area contributed by atoms with Crippen LogP contribution in [0.15, 0.2) is 42.6 Å². The third-order valence-electron chi connectivity index (χ3n) is 5.46. The molecule has 1 aromatic carbocycles. The standard InChI is InChI=1S/C23H25FN4O2/c1-15-21(16(2)28(27-15)19-11-9-18(24)10-12-19)22(29)26-14-17-6-5-13-25-23(17)30-20-7-3-4-8-20/h5-6,9-13,20H,3-4,7-8,14H2,1-2H3,(H,26,29). The van der Waals surface area contributed by atoms with Gasteiger partial charge in [-0.3, -0.25) is 4.79 Å². The molecule has 0 bridgehead atoms. The molecule has 0 unspecified atom stereocenters. The van der Waals surface area contributed by atoms with E-state index in [0.717, 1.165) is 18.4 Å². The first-order valence-corrected chi connectivity index (χ1v) is 10.2. The number of halogens is 1. The zero-order chi connectivity index (χ0) is 21.1. The highest BCUT2D eigenvalue weighted by molar-refractivity contribution is 5.96. The molecule has 156 valence electrons. The van der Waals surface area contributed by atoms with E-state index in [1.165, 1.54) is 25.0 Å². The van der Waals surface area contributed by atoms with Crippen LogP contribution in [0.1, 0.15) is 53.0 Å². The first-order valence-electron chi connectivity index (χ1n) is 10.2. The molecule has 0 radical (unpaired) electrons. The summed E-state index contributed by atoms with van der Waals surface area (Å²) in [6, 6.07) is 9.78. The van der Waals surface area contributed by atoms with Crippen LogP contribution in [0.5, 0.6) is 5.88 Å². The van der Waals surface area contributed by atoms with Crippen LogP contribution in [0.2, 0.25) is 0 Å². The number of aromatic nitrogens is 3. The summed E-state index contributed by atoms with van der Waals surface area (Å²) in [5, 5.41) is 7.43. The van der Waals surface area contributed by atoms with E-state index in [1.54, 1.807) is 29.9 Å². The molecule has 1 amide bonds. The van der Waals surface area contributed by atoms with E-state index < -0.39 is 0 Å². The van der Waals surface area contributed by atoms with Crippen molar-refractivity contribution in [2.75, 3.05) is 0 Å². The second-order valence-electron chi connectivity index (χ2n) is 7.61. The average molecular weight is 408 g/mol. The number of nitrogens with one attached hydrogen (secondary N) is 1. The van der Waals surface area contributed by atoms with Gasteiger partial charge in [-0.2, -0.15) is 5.10 Å². The summed E-state index contributed by atoms with van der Waals surface area (Å²) < 4.78 is 20.9. The van der Waals surface area contributed by atoms with Gasteiger partial charge < -0.3 is 10.1 Å². The number of ether oxygens (including phenoxy) is 1. The van der Waals surface area contributed by atoms with Crippen LogP contribution >= 0.6 is 0 Å². The van der Waals surface area contributed by atoms with Crippen molar-refractivity contribution >= 4 is 5.91 Å². The van der Waals surface area contributed by atoms with Crippen LogP contribution in [-0.4, -0.2) is 26.8 Å². The number of hydrogen-bond donors (Lipinski definition) is 1. The molecule has 4 rings (SSSR count). The average Bonchev–Trinajstić information content (AvgIpc) is 3.35. The third-order valence-corrected chi connectivity index (χ3v) is 5.46. The van der Waals surface area contributed by atoms with E-state index >= 15 is 0 Å². The SMILES string of the molecule is Cc1nn(-c2ccc(F)cc2)c(C)c1C(=O)NCc1cccnc1OC1CCCC1. The molecule has 1 aliphatic rings. The first kappa shape index (κ1) is 20.1. The lowest BCUT2D eigenvalue weighted by molar-refractivity contribution is 0.0949. The zero-order valence-electron chi connectivity index (χ0n) is 17.2. The van der Waals surface area contributed by atoms with Crippen molar-refractivity contribution in [1.82, 2.24) is 20.1 Å². The highest BCUT2D eigenvalue weighted by Gasteiger charge is 2.21. The van der Waals surface area contributed by atoms with Crippen LogP contribution < -0.4 is 10.1 Å². The van der Waals surface area contributed by atoms with Gasteiger partial charge in [0, 0.05) is 18.3 Å². The Bertz CT molecular complexity index is 1040. The summed E-state index contributed by atoms with van der Waals surface area (Å²) in [5.74, 6) is 0.0551. The van der Waals surface area contributed by atoms with Gasteiger partial charge in [-0.15, -0.1) is 0 Å². The number of benzene rings is 1. The van der Waals surface area contributed by atoms with Crippen LogP contribution in [0.3, 0.4) is 0 Å². The van der Waals surface area contributed by atoms with Crippen molar-refractivity contribution in [2.24, 2.45) is 0 Å². The van der Waals surface area contributed by atoms with Gasteiger partial charge in [0.1, 0.15) is 11.9 Å². The second-order valence-corrected chi connectivity index (χ2v) is 7.61. The fourth-order valence-electron chi connectivity index (χ4n) is 3.90. The number of carbonyl (C=O) groups excluding carboxylic acids is 1. The highest BCUT2D eigenvalue weighted by atomic mass is 19.1. The number of nitrogens with zero attached hydrogens (tertiary/aromatic N) is 3. The molecule has 6 nitrogen and oxygen atoms in total. The summed E-state index contributed by atoms with van der Waals surface area (Å²) in [5.41, 5.74) is 3.38. The summed E-state index contributed by atoms with van der Waals surface area (Å²) in [4.78, 5) is 17.3. The zero-order valence-corrected chi connectivity index (χ0v) is 17.2. The van der Waals surface area contributed by atoms with Gasteiger partial charge in [-0.1, -0.05) is 6.07 Å². The molecule has 0 spiro atoms. The van der Waals surface area contributed by atoms with Gasteiger partial charge in [-0.05, 0) is 69.9 Å². The molecule has 1 saturated carbocycles. The minimum absolute atomic E-state index is 0.202. The quantitative estimate of drug-likeness (QED) is 0.661. The summed E-state index contributed by atoms with van der Waals surface area (Å²) in [6.45, 7) is 3.94. The fraction of sp³-hybridized carbons (Fsp3) is 0.348. The normalized spacial score (nSPS) is 14.1. The van der Waals surface area contributed by atoms with E-state index in [1.807, 2.05) is 19.1 Å². The third kappa shape index (κ3) is 4.20. The number of carbonyl (C=O) groups is 1. The van der Waals surface area contributed by atoms with E-state index in [0.29, 0.717) is 35.1 Å². The van der Waals surface area contributed by atoms with E-state index in [-0.39, 0.29) is 17.8 Å². The lowest BCUT2D eigenvalue weighted by Crippen LogP contribution is -2.25. The second kappa shape index (κ2) is 8.65. The highest BCUT2D eigenvalue weighted by Crippen LogP contribution is 2.25.